The highest BCUT2D eigenvalue weighted by atomic mass is 16.6. The minimum Gasteiger partial charge on any atom is -0.456 e. The fourth-order valence-electron chi connectivity index (χ4n) is 5.14. The van der Waals surface area contributed by atoms with Crippen molar-refractivity contribution in [1.82, 2.24) is 0 Å². The minimum atomic E-state index is -0.736. The first-order chi connectivity index (χ1) is 11.1. The van der Waals surface area contributed by atoms with Crippen molar-refractivity contribution >= 4 is 11.9 Å². The molecule has 3 saturated carbocycles. The molecule has 0 N–H and O–H groups in total. The van der Waals surface area contributed by atoms with E-state index in [0.29, 0.717) is 18.3 Å². The van der Waals surface area contributed by atoms with Gasteiger partial charge in [0, 0.05) is 0 Å². The van der Waals surface area contributed by atoms with E-state index in [0.717, 1.165) is 38.0 Å². The summed E-state index contributed by atoms with van der Waals surface area (Å²) in [5, 5.41) is 0. The maximum absolute atomic E-state index is 12.5. The number of ether oxygens (including phenoxy) is 2. The number of carbonyl (C=O) groups is 2. The van der Waals surface area contributed by atoms with E-state index in [1.807, 2.05) is 6.92 Å². The van der Waals surface area contributed by atoms with Gasteiger partial charge in [0.05, 0.1) is 5.92 Å². The molecule has 4 nitrogen and oxygen atoms in total. The van der Waals surface area contributed by atoms with Crippen LogP contribution in [0.25, 0.3) is 0 Å². The van der Waals surface area contributed by atoms with Crippen molar-refractivity contribution in [3.05, 3.63) is 12.2 Å². The molecule has 0 aliphatic heterocycles. The Morgan fingerprint density at radius 1 is 1.22 bits per heavy atom. The third kappa shape index (κ3) is 2.70. The quantitative estimate of drug-likeness (QED) is 0.576. The molecule has 0 aromatic heterocycles. The van der Waals surface area contributed by atoms with Gasteiger partial charge in [-0.25, -0.2) is 4.79 Å². The zero-order chi connectivity index (χ0) is 16.0. The highest BCUT2D eigenvalue weighted by molar-refractivity contribution is 5.81. The molecule has 0 amide bonds. The van der Waals surface area contributed by atoms with E-state index in [-0.39, 0.29) is 23.5 Å². The van der Waals surface area contributed by atoms with Crippen LogP contribution in [0.1, 0.15) is 58.3 Å². The van der Waals surface area contributed by atoms with Crippen LogP contribution in [0.15, 0.2) is 12.2 Å². The molecule has 0 heterocycles. The molecule has 4 bridgehead atoms. The van der Waals surface area contributed by atoms with Crippen LogP contribution in [0, 0.1) is 23.7 Å². The summed E-state index contributed by atoms with van der Waals surface area (Å²) in [7, 11) is 0. The number of allylic oxidation sites excluding steroid dienone is 2. The van der Waals surface area contributed by atoms with Crippen LogP contribution in [-0.2, 0) is 19.1 Å². The Hall–Kier alpha value is -1.32. The Morgan fingerprint density at radius 2 is 2.00 bits per heavy atom. The average molecular weight is 318 g/mol. The summed E-state index contributed by atoms with van der Waals surface area (Å²) in [5.74, 6) is 0.960. The minimum absolute atomic E-state index is 0.0626. The first kappa shape index (κ1) is 15.2. The van der Waals surface area contributed by atoms with Gasteiger partial charge in [-0.15, -0.1) is 0 Å². The van der Waals surface area contributed by atoms with Crippen LogP contribution in [0.2, 0.25) is 0 Å². The predicted octanol–water partition coefficient (Wildman–Crippen LogP) is 3.40. The van der Waals surface area contributed by atoms with Gasteiger partial charge in [-0.3, -0.25) is 4.79 Å². The molecule has 0 spiro atoms. The van der Waals surface area contributed by atoms with Gasteiger partial charge in [0.1, 0.15) is 5.60 Å². The van der Waals surface area contributed by atoms with Gasteiger partial charge in [-0.1, -0.05) is 19.1 Å². The van der Waals surface area contributed by atoms with Gasteiger partial charge >= 0.3 is 11.9 Å². The maximum Gasteiger partial charge on any atom is 0.347 e. The molecule has 23 heavy (non-hydrogen) atoms. The second-order valence-corrected chi connectivity index (χ2v) is 7.97. The van der Waals surface area contributed by atoms with E-state index in [2.05, 4.69) is 12.2 Å². The highest BCUT2D eigenvalue weighted by Crippen LogP contribution is 2.50. The third-order valence-electron chi connectivity index (χ3n) is 6.47. The molecule has 4 aliphatic carbocycles. The van der Waals surface area contributed by atoms with Crippen molar-refractivity contribution in [3.8, 4) is 0 Å². The Bertz CT molecular complexity index is 529. The summed E-state index contributed by atoms with van der Waals surface area (Å²) in [4.78, 5) is 24.9. The normalized spacial score (nSPS) is 41.3. The monoisotopic (exact) mass is 318 g/mol. The standard InChI is InChI=1S/C19H26O4/c1-2-16(18(21)23-19-7-5-12(11-19)6-8-19)22-17(20)15-10-13-3-4-14(15)9-13/h3-4,12-16H,2,5-11H2,1H3. The summed E-state index contributed by atoms with van der Waals surface area (Å²) in [5.41, 5.74) is -0.253. The van der Waals surface area contributed by atoms with Gasteiger partial charge in [0.2, 0.25) is 0 Å². The summed E-state index contributed by atoms with van der Waals surface area (Å²) in [6.45, 7) is 1.88. The van der Waals surface area contributed by atoms with Gasteiger partial charge in [-0.2, -0.15) is 0 Å². The molecule has 0 aromatic rings. The first-order valence-corrected chi connectivity index (χ1v) is 9.20. The second kappa shape index (κ2) is 5.64. The zero-order valence-electron chi connectivity index (χ0n) is 13.8. The molecule has 4 heteroatoms. The Balaban J connectivity index is 1.35. The smallest absolute Gasteiger partial charge is 0.347 e. The first-order valence-electron chi connectivity index (χ1n) is 9.20. The van der Waals surface area contributed by atoms with E-state index < -0.39 is 6.10 Å². The number of hydrogen-bond acceptors (Lipinski definition) is 4. The Labute approximate surface area is 137 Å². The van der Waals surface area contributed by atoms with Crippen LogP contribution >= 0.6 is 0 Å². The van der Waals surface area contributed by atoms with Crippen molar-refractivity contribution in [1.29, 1.82) is 0 Å². The predicted molar refractivity (Wildman–Crippen MR) is 84.4 cm³/mol. The molecular weight excluding hydrogens is 292 g/mol. The largest absolute Gasteiger partial charge is 0.456 e. The lowest BCUT2D eigenvalue weighted by Crippen LogP contribution is -2.38. The van der Waals surface area contributed by atoms with E-state index in [4.69, 9.17) is 9.47 Å². The number of rotatable bonds is 5. The summed E-state index contributed by atoms with van der Waals surface area (Å²) in [6.07, 6.45) is 11.3. The van der Waals surface area contributed by atoms with Crippen molar-refractivity contribution in [2.24, 2.45) is 23.7 Å². The molecule has 4 unspecified atom stereocenters. The lowest BCUT2D eigenvalue weighted by Gasteiger charge is -2.29. The maximum atomic E-state index is 12.5. The van der Waals surface area contributed by atoms with Gasteiger partial charge in [0.25, 0.3) is 0 Å². The zero-order valence-corrected chi connectivity index (χ0v) is 13.8. The molecule has 3 fully saturated rings. The summed E-state index contributed by atoms with van der Waals surface area (Å²) < 4.78 is 11.4. The van der Waals surface area contributed by atoms with Crippen LogP contribution in [-0.4, -0.2) is 23.6 Å². The van der Waals surface area contributed by atoms with Crippen LogP contribution < -0.4 is 0 Å². The molecule has 126 valence electrons. The Kier molecular flexibility index (Phi) is 3.73. The number of hydrogen-bond donors (Lipinski definition) is 0. The topological polar surface area (TPSA) is 52.6 Å². The van der Waals surface area contributed by atoms with E-state index >= 15 is 0 Å². The van der Waals surface area contributed by atoms with Crippen LogP contribution in [0.3, 0.4) is 0 Å². The fraction of sp³-hybridized carbons (Fsp3) is 0.789. The van der Waals surface area contributed by atoms with Gasteiger partial charge in [-0.05, 0) is 69.1 Å². The molecule has 4 rings (SSSR count). The third-order valence-corrected chi connectivity index (χ3v) is 6.47. The molecule has 0 saturated heterocycles. The summed E-state index contributed by atoms with van der Waals surface area (Å²) in [6, 6.07) is 0. The Morgan fingerprint density at radius 3 is 2.52 bits per heavy atom. The summed E-state index contributed by atoms with van der Waals surface area (Å²) >= 11 is 0. The number of carbonyl (C=O) groups excluding carboxylic acids is 2. The van der Waals surface area contributed by atoms with Gasteiger partial charge in [0.15, 0.2) is 6.10 Å². The SMILES string of the molecule is CCC(OC(=O)C1CC2C=CC1C2)C(=O)OC12CCC(CC1)C2. The average Bonchev–Trinajstić information content (AvgIpc) is 3.31. The van der Waals surface area contributed by atoms with Gasteiger partial charge < -0.3 is 9.47 Å². The highest BCUT2D eigenvalue weighted by Gasteiger charge is 2.49. The van der Waals surface area contributed by atoms with E-state index in [1.165, 1.54) is 12.8 Å². The van der Waals surface area contributed by atoms with Crippen molar-refractivity contribution in [2.75, 3.05) is 0 Å². The van der Waals surface area contributed by atoms with Crippen molar-refractivity contribution in [3.63, 3.8) is 0 Å². The molecular formula is C19H26O4. The molecule has 0 radical (unpaired) electrons. The van der Waals surface area contributed by atoms with Crippen molar-refractivity contribution in [2.45, 2.75) is 70.0 Å². The van der Waals surface area contributed by atoms with E-state index in [9.17, 15) is 9.59 Å². The lowest BCUT2D eigenvalue weighted by molar-refractivity contribution is -0.181. The van der Waals surface area contributed by atoms with E-state index in [1.54, 1.807) is 0 Å². The molecule has 4 aliphatic rings. The van der Waals surface area contributed by atoms with Crippen molar-refractivity contribution < 1.29 is 19.1 Å². The molecule has 4 atom stereocenters. The number of fused-ring (bicyclic) bond motifs is 4. The van der Waals surface area contributed by atoms with Crippen LogP contribution in [0.5, 0.6) is 0 Å². The van der Waals surface area contributed by atoms with Crippen LogP contribution in [0.4, 0.5) is 0 Å². The second-order valence-electron chi connectivity index (χ2n) is 7.97. The fourth-order valence-corrected chi connectivity index (χ4v) is 5.14. The number of esters is 2. The molecule has 0 aromatic carbocycles. The lowest BCUT2D eigenvalue weighted by atomic mass is 9.94.